The van der Waals surface area contributed by atoms with Crippen LogP contribution in [-0.2, 0) is 0 Å². The highest BCUT2D eigenvalue weighted by Gasteiger charge is 2.09. The fourth-order valence-electron chi connectivity index (χ4n) is 1.36. The molecule has 0 spiro atoms. The molecule has 0 radical (unpaired) electrons. The van der Waals surface area contributed by atoms with Crippen molar-refractivity contribution in [3.05, 3.63) is 38.0 Å². The van der Waals surface area contributed by atoms with E-state index in [1.54, 1.807) is 0 Å². The van der Waals surface area contributed by atoms with Crippen LogP contribution in [0.3, 0.4) is 0 Å². The molecule has 0 bridgehead atoms. The number of rotatable bonds is 0. The van der Waals surface area contributed by atoms with Gasteiger partial charge < -0.3 is 0 Å². The zero-order valence-corrected chi connectivity index (χ0v) is 11.2. The first kappa shape index (κ1) is 10.4. The summed E-state index contributed by atoms with van der Waals surface area (Å²) < 4.78 is 1.79. The molecule has 0 N–H and O–H groups in total. The third kappa shape index (κ3) is 1.58. The molecule has 1 aromatic carbocycles. The second-order valence-electron chi connectivity index (χ2n) is 2.96. The summed E-state index contributed by atoms with van der Waals surface area (Å²) in [5, 5.41) is 2.77. The van der Waals surface area contributed by atoms with Crippen LogP contribution in [0.4, 0.5) is 0 Å². The van der Waals surface area contributed by atoms with Gasteiger partial charge in [-0.3, -0.25) is 0 Å². The van der Waals surface area contributed by atoms with Crippen LogP contribution in [0.2, 0.25) is 5.02 Å². The Hall–Kier alpha value is -0.120. The van der Waals surface area contributed by atoms with Crippen molar-refractivity contribution in [1.82, 2.24) is 4.98 Å². The Balaban J connectivity index is 3.03. The second kappa shape index (κ2) is 3.80. The molecule has 0 saturated carbocycles. The average molecular weight is 335 g/mol. The van der Waals surface area contributed by atoms with E-state index in [0.717, 1.165) is 30.6 Å². The lowest BCUT2D eigenvalue weighted by atomic mass is 10.1. The molecule has 0 unspecified atom stereocenters. The molecular weight excluding hydrogens is 329 g/mol. The summed E-state index contributed by atoms with van der Waals surface area (Å²) in [6.07, 6.45) is 0. The van der Waals surface area contributed by atoms with E-state index in [1.165, 1.54) is 0 Å². The van der Waals surface area contributed by atoms with E-state index in [9.17, 15) is 0 Å². The molecule has 0 aliphatic carbocycles. The molecule has 4 heteroatoms. The van der Waals surface area contributed by atoms with Crippen molar-refractivity contribution in [2.24, 2.45) is 0 Å². The highest BCUT2D eigenvalue weighted by Crippen LogP contribution is 2.35. The van der Waals surface area contributed by atoms with E-state index < -0.39 is 0 Å². The summed E-state index contributed by atoms with van der Waals surface area (Å²) in [6.45, 7) is 1.94. The second-order valence-corrected chi connectivity index (χ2v) is 4.92. The summed E-state index contributed by atoms with van der Waals surface area (Å²) in [5.41, 5.74) is 0.928. The van der Waals surface area contributed by atoms with Gasteiger partial charge in [0.1, 0.15) is 4.60 Å². The van der Waals surface area contributed by atoms with E-state index in [0.29, 0.717) is 0 Å². The number of hydrogen-bond acceptors (Lipinski definition) is 1. The molecule has 0 aliphatic rings. The number of nitrogens with zero attached hydrogens (tertiary/aromatic N) is 1. The Bertz CT molecular complexity index is 511. The van der Waals surface area contributed by atoms with Crippen LogP contribution in [0.25, 0.3) is 10.8 Å². The number of pyridine rings is 1. The lowest BCUT2D eigenvalue weighted by Gasteiger charge is -2.07. The highest BCUT2D eigenvalue weighted by atomic mass is 79.9. The lowest BCUT2D eigenvalue weighted by Crippen LogP contribution is -1.88. The highest BCUT2D eigenvalue weighted by molar-refractivity contribution is 9.11. The van der Waals surface area contributed by atoms with Gasteiger partial charge in [0.2, 0.25) is 0 Å². The quantitative estimate of drug-likeness (QED) is 0.635. The summed E-state index contributed by atoms with van der Waals surface area (Å²) >= 11 is 13.1. The van der Waals surface area contributed by atoms with Gasteiger partial charge in [-0.25, -0.2) is 4.98 Å². The molecule has 1 heterocycles. The molecule has 0 aliphatic heterocycles. The van der Waals surface area contributed by atoms with Crippen molar-refractivity contribution >= 4 is 54.2 Å². The molecule has 1 nitrogen and oxygen atoms in total. The molecule has 72 valence electrons. The van der Waals surface area contributed by atoms with Crippen LogP contribution in [0.1, 0.15) is 5.69 Å². The summed E-state index contributed by atoms with van der Waals surface area (Å²) in [5.74, 6) is 0. The molecule has 0 amide bonds. The zero-order chi connectivity index (χ0) is 10.3. The summed E-state index contributed by atoms with van der Waals surface area (Å²) in [7, 11) is 0. The van der Waals surface area contributed by atoms with Gasteiger partial charge in [0.25, 0.3) is 0 Å². The summed E-state index contributed by atoms with van der Waals surface area (Å²) in [4.78, 5) is 4.35. The number of aromatic nitrogens is 1. The monoisotopic (exact) mass is 333 g/mol. The number of hydrogen-bond donors (Lipinski definition) is 0. The van der Waals surface area contributed by atoms with Gasteiger partial charge in [-0.1, -0.05) is 23.7 Å². The Labute approximate surface area is 104 Å². The van der Waals surface area contributed by atoms with E-state index in [-0.39, 0.29) is 0 Å². The van der Waals surface area contributed by atoms with Crippen molar-refractivity contribution < 1.29 is 0 Å². The van der Waals surface area contributed by atoms with Crippen LogP contribution in [0, 0.1) is 6.92 Å². The maximum Gasteiger partial charge on any atom is 0.114 e. The molecular formula is C10H6Br2ClN. The first-order chi connectivity index (χ1) is 6.61. The molecule has 1 aromatic heterocycles. The minimum Gasteiger partial charge on any atom is -0.244 e. The van der Waals surface area contributed by atoms with Crippen molar-refractivity contribution in [2.75, 3.05) is 0 Å². The predicted molar refractivity (Wildman–Crippen MR) is 66.9 cm³/mol. The molecule has 2 aromatic rings. The molecule has 0 fully saturated rings. The number of fused-ring (bicyclic) bond motifs is 1. The van der Waals surface area contributed by atoms with Crippen molar-refractivity contribution in [3.8, 4) is 0 Å². The van der Waals surface area contributed by atoms with E-state index >= 15 is 0 Å². The predicted octanol–water partition coefficient (Wildman–Crippen LogP) is 4.72. The first-order valence-corrected chi connectivity index (χ1v) is 5.97. The van der Waals surface area contributed by atoms with Crippen LogP contribution >= 0.6 is 43.5 Å². The minimum atomic E-state index is 0.737. The fraction of sp³-hybridized carbons (Fsp3) is 0.100. The minimum absolute atomic E-state index is 0.737. The number of benzene rings is 1. The number of aryl methyl sites for hydroxylation is 1. The topological polar surface area (TPSA) is 12.9 Å². The Morgan fingerprint density at radius 2 is 2.00 bits per heavy atom. The molecule has 0 saturated heterocycles. The van der Waals surface area contributed by atoms with E-state index in [2.05, 4.69) is 36.8 Å². The Kier molecular flexibility index (Phi) is 2.82. The Morgan fingerprint density at radius 1 is 1.29 bits per heavy atom. The maximum atomic E-state index is 6.13. The normalized spacial score (nSPS) is 10.9. The molecule has 2 rings (SSSR count). The van der Waals surface area contributed by atoms with Crippen LogP contribution in [0.5, 0.6) is 0 Å². The zero-order valence-electron chi connectivity index (χ0n) is 7.31. The van der Waals surface area contributed by atoms with Crippen LogP contribution < -0.4 is 0 Å². The first-order valence-electron chi connectivity index (χ1n) is 4.01. The smallest absolute Gasteiger partial charge is 0.114 e. The van der Waals surface area contributed by atoms with Crippen LogP contribution in [0.15, 0.2) is 27.3 Å². The van der Waals surface area contributed by atoms with Gasteiger partial charge in [-0.05, 0) is 44.8 Å². The van der Waals surface area contributed by atoms with Gasteiger partial charge in [0.05, 0.1) is 5.69 Å². The summed E-state index contributed by atoms with van der Waals surface area (Å²) in [6, 6.07) is 5.78. The SMILES string of the molecule is Cc1nc(Br)c2cccc(Cl)c2c1Br. The fourth-order valence-corrected chi connectivity index (χ4v) is 2.85. The van der Waals surface area contributed by atoms with E-state index in [4.69, 9.17) is 11.6 Å². The third-order valence-electron chi connectivity index (χ3n) is 2.04. The van der Waals surface area contributed by atoms with Crippen molar-refractivity contribution in [1.29, 1.82) is 0 Å². The molecule has 14 heavy (non-hydrogen) atoms. The standard InChI is InChI=1S/C10H6Br2ClN/c1-5-9(11)8-6(10(12)14-5)3-2-4-7(8)13/h2-4H,1H3. The van der Waals surface area contributed by atoms with Crippen molar-refractivity contribution in [3.63, 3.8) is 0 Å². The third-order valence-corrected chi connectivity index (χ3v) is 3.93. The molecule has 0 atom stereocenters. The van der Waals surface area contributed by atoms with Gasteiger partial charge in [0, 0.05) is 20.3 Å². The maximum absolute atomic E-state index is 6.13. The van der Waals surface area contributed by atoms with Crippen molar-refractivity contribution in [2.45, 2.75) is 6.92 Å². The Morgan fingerprint density at radius 3 is 2.71 bits per heavy atom. The lowest BCUT2D eigenvalue weighted by molar-refractivity contribution is 1.18. The van der Waals surface area contributed by atoms with Gasteiger partial charge in [-0.15, -0.1) is 0 Å². The van der Waals surface area contributed by atoms with Gasteiger partial charge in [-0.2, -0.15) is 0 Å². The number of halogens is 3. The van der Waals surface area contributed by atoms with Gasteiger partial charge in [0.15, 0.2) is 0 Å². The van der Waals surface area contributed by atoms with Crippen LogP contribution in [-0.4, -0.2) is 4.98 Å². The van der Waals surface area contributed by atoms with Gasteiger partial charge >= 0.3 is 0 Å². The average Bonchev–Trinajstić information content (AvgIpc) is 2.14. The van der Waals surface area contributed by atoms with E-state index in [1.807, 2.05) is 25.1 Å². The largest absolute Gasteiger partial charge is 0.244 e.